The fourth-order valence-electron chi connectivity index (χ4n) is 8.32. The monoisotopic (exact) mass is 768 g/mol. The van der Waals surface area contributed by atoms with E-state index in [1.807, 2.05) is 67.3 Å². The van der Waals surface area contributed by atoms with Crippen molar-refractivity contribution in [3.8, 4) is 33.5 Å². The summed E-state index contributed by atoms with van der Waals surface area (Å²) < 4.78 is 6.13. The van der Waals surface area contributed by atoms with Gasteiger partial charge in [0.05, 0.1) is 27.8 Å². The molecule has 7 heteroatoms. The second-order valence-electron chi connectivity index (χ2n) is 15.1. The first kappa shape index (κ1) is 33.8. The summed E-state index contributed by atoms with van der Waals surface area (Å²) in [5, 5.41) is 6.64. The van der Waals surface area contributed by atoms with Crippen LogP contribution in [0.4, 0.5) is 17.1 Å². The van der Waals surface area contributed by atoms with Gasteiger partial charge in [-0.1, -0.05) is 66.7 Å². The molecule has 0 N–H and O–H groups in total. The number of hydrogen-bond donors (Lipinski definition) is 0. The highest BCUT2D eigenvalue weighted by Crippen LogP contribution is 2.40. The molecule has 6 aromatic heterocycles. The van der Waals surface area contributed by atoms with Crippen LogP contribution in [0.2, 0.25) is 0 Å². The summed E-state index contributed by atoms with van der Waals surface area (Å²) in [5.74, 6) is 0. The van der Waals surface area contributed by atoms with Gasteiger partial charge in [-0.05, 0) is 136 Å². The van der Waals surface area contributed by atoms with Crippen LogP contribution in [0, 0.1) is 0 Å². The fraction of sp³-hybridized carbons (Fsp3) is 0. The predicted octanol–water partition coefficient (Wildman–Crippen LogP) is 13.6. The molecule has 12 aromatic rings. The zero-order valence-corrected chi connectivity index (χ0v) is 32.1. The fourth-order valence-corrected chi connectivity index (χ4v) is 8.32. The van der Waals surface area contributed by atoms with Crippen molar-refractivity contribution in [3.05, 3.63) is 195 Å². The first-order valence-corrected chi connectivity index (χ1v) is 19.9. The molecule has 0 fully saturated rings. The van der Waals surface area contributed by atoms with Crippen molar-refractivity contribution in [1.29, 1.82) is 0 Å². The van der Waals surface area contributed by atoms with Crippen LogP contribution in [0.3, 0.4) is 0 Å². The van der Waals surface area contributed by atoms with Gasteiger partial charge in [0.15, 0.2) is 0 Å². The van der Waals surface area contributed by atoms with Gasteiger partial charge in [-0.2, -0.15) is 0 Å². The number of para-hydroxylation sites is 1. The van der Waals surface area contributed by atoms with Gasteiger partial charge < -0.3 is 9.32 Å². The number of fused-ring (bicyclic) bond motifs is 7. The van der Waals surface area contributed by atoms with Gasteiger partial charge >= 0.3 is 0 Å². The van der Waals surface area contributed by atoms with Gasteiger partial charge in [0.2, 0.25) is 5.71 Å². The second-order valence-corrected chi connectivity index (χ2v) is 15.1. The molecule has 0 radical (unpaired) electrons. The molecule has 0 aliphatic rings. The van der Waals surface area contributed by atoms with Crippen LogP contribution < -0.4 is 4.90 Å². The molecule has 0 saturated heterocycles. The van der Waals surface area contributed by atoms with Crippen LogP contribution in [0.1, 0.15) is 0 Å². The Morgan fingerprint density at radius 1 is 0.367 bits per heavy atom. The number of benzene rings is 6. The lowest BCUT2D eigenvalue weighted by molar-refractivity contribution is 0.654. The van der Waals surface area contributed by atoms with Crippen molar-refractivity contribution in [3.63, 3.8) is 0 Å². The molecular weight excluding hydrogens is 737 g/mol. The number of aromatic nitrogens is 5. The molecule has 280 valence electrons. The Morgan fingerprint density at radius 2 is 0.917 bits per heavy atom. The zero-order valence-electron chi connectivity index (χ0n) is 32.1. The highest BCUT2D eigenvalue weighted by atomic mass is 16.3. The number of nitrogens with zero attached hydrogens (tertiary/aromatic N) is 6. The normalized spacial score (nSPS) is 11.7. The van der Waals surface area contributed by atoms with Crippen molar-refractivity contribution < 1.29 is 4.42 Å². The molecule has 0 bridgehead atoms. The predicted molar refractivity (Wildman–Crippen MR) is 244 cm³/mol. The molecule has 0 spiro atoms. The molecular formula is C53H32N6O. The smallest absolute Gasteiger partial charge is 0.227 e. The van der Waals surface area contributed by atoms with Crippen LogP contribution in [0.5, 0.6) is 0 Å². The van der Waals surface area contributed by atoms with Crippen molar-refractivity contribution in [2.24, 2.45) is 0 Å². The molecule has 0 atom stereocenters. The highest BCUT2D eigenvalue weighted by molar-refractivity contribution is 6.04. The van der Waals surface area contributed by atoms with E-state index in [1.54, 1.807) is 0 Å². The van der Waals surface area contributed by atoms with Crippen molar-refractivity contribution >= 4 is 82.7 Å². The van der Waals surface area contributed by atoms with Gasteiger partial charge in [0.25, 0.3) is 0 Å². The molecule has 0 aliphatic heterocycles. The lowest BCUT2D eigenvalue weighted by atomic mass is 10.00. The molecule has 6 heterocycles. The first-order valence-electron chi connectivity index (χ1n) is 19.9. The largest absolute Gasteiger partial charge is 0.438 e. The van der Waals surface area contributed by atoms with Crippen molar-refractivity contribution in [1.82, 2.24) is 24.9 Å². The molecule has 12 rings (SSSR count). The Labute approximate surface area is 343 Å². The van der Waals surface area contributed by atoms with Crippen LogP contribution in [-0.4, -0.2) is 24.9 Å². The Balaban J connectivity index is 0.935. The third kappa shape index (κ3) is 5.87. The molecule has 6 aromatic carbocycles. The maximum Gasteiger partial charge on any atom is 0.227 e. The molecule has 7 nitrogen and oxygen atoms in total. The SMILES string of the molecule is c1cnc2cc(-c3ccc4cc(N(c5ccc(-c6ccc7c(n6)oc6ccccc67)cc5)c5ccc6cc(-c7cnc8cccnc8c7)ccc6c5)ccc4c3)cnc2c1. The molecule has 0 amide bonds. The standard InChI is InChI=1S/C53H32N6O/c1-2-8-52-45(5-1)46-21-22-47(58-53(46)60-52)33-13-17-42(18-14-33)59(43-19-15-34-25-36(9-11-38(34)27-43)40-29-50-48(56-31-40)6-3-23-54-50)44-20-16-35-26-37(10-12-39(35)28-44)41-30-51-49(57-32-41)7-4-24-55-51/h1-32H. The summed E-state index contributed by atoms with van der Waals surface area (Å²) in [6.45, 7) is 0. The van der Waals surface area contributed by atoms with Gasteiger partial charge in [0, 0.05) is 69.3 Å². The van der Waals surface area contributed by atoms with Crippen molar-refractivity contribution in [2.45, 2.75) is 0 Å². The number of furan rings is 1. The average Bonchev–Trinajstić information content (AvgIpc) is 3.69. The minimum Gasteiger partial charge on any atom is -0.438 e. The van der Waals surface area contributed by atoms with E-state index in [4.69, 9.17) is 9.40 Å². The Bertz CT molecular complexity index is 3470. The van der Waals surface area contributed by atoms with E-state index >= 15 is 0 Å². The Morgan fingerprint density at radius 3 is 1.55 bits per heavy atom. The summed E-state index contributed by atoms with van der Waals surface area (Å²) in [5.41, 5.74) is 14.3. The number of pyridine rings is 5. The van der Waals surface area contributed by atoms with E-state index in [2.05, 4.69) is 152 Å². The maximum atomic E-state index is 6.13. The van der Waals surface area contributed by atoms with Crippen LogP contribution in [0.25, 0.3) is 99.2 Å². The van der Waals surface area contributed by atoms with Gasteiger partial charge in [0.1, 0.15) is 5.58 Å². The van der Waals surface area contributed by atoms with Gasteiger partial charge in [-0.15, -0.1) is 0 Å². The minimum atomic E-state index is 0.639. The summed E-state index contributed by atoms with van der Waals surface area (Å²) in [4.78, 5) is 25.6. The quantitative estimate of drug-likeness (QED) is 0.167. The summed E-state index contributed by atoms with van der Waals surface area (Å²) in [6, 6.07) is 59.4. The second kappa shape index (κ2) is 13.7. The number of hydrogen-bond acceptors (Lipinski definition) is 7. The van der Waals surface area contributed by atoms with E-state index in [0.29, 0.717) is 5.71 Å². The molecule has 0 saturated carbocycles. The molecule has 0 aliphatic carbocycles. The van der Waals surface area contributed by atoms with Gasteiger partial charge in [-0.25, -0.2) is 4.98 Å². The van der Waals surface area contributed by atoms with E-state index in [1.165, 1.54) is 0 Å². The van der Waals surface area contributed by atoms with E-state index in [-0.39, 0.29) is 0 Å². The minimum absolute atomic E-state index is 0.639. The van der Waals surface area contributed by atoms with Crippen molar-refractivity contribution in [2.75, 3.05) is 4.90 Å². The third-order valence-corrected chi connectivity index (χ3v) is 11.4. The van der Waals surface area contributed by atoms with Gasteiger partial charge in [-0.3, -0.25) is 19.9 Å². The van der Waals surface area contributed by atoms with E-state index in [0.717, 1.165) is 111 Å². The van der Waals surface area contributed by atoms with Crippen LogP contribution in [0.15, 0.2) is 199 Å². The third-order valence-electron chi connectivity index (χ3n) is 11.4. The average molecular weight is 769 g/mol. The number of anilines is 3. The lowest BCUT2D eigenvalue weighted by Crippen LogP contribution is -2.10. The topological polar surface area (TPSA) is 80.8 Å². The summed E-state index contributed by atoms with van der Waals surface area (Å²) in [7, 11) is 0. The Hall–Kier alpha value is -8.29. The molecule has 60 heavy (non-hydrogen) atoms. The van der Waals surface area contributed by atoms with E-state index < -0.39 is 0 Å². The van der Waals surface area contributed by atoms with Crippen LogP contribution in [-0.2, 0) is 0 Å². The number of rotatable bonds is 6. The Kier molecular flexibility index (Phi) is 7.71. The highest BCUT2D eigenvalue weighted by Gasteiger charge is 2.16. The summed E-state index contributed by atoms with van der Waals surface area (Å²) >= 11 is 0. The van der Waals surface area contributed by atoms with E-state index in [9.17, 15) is 0 Å². The van der Waals surface area contributed by atoms with Crippen LogP contribution >= 0.6 is 0 Å². The summed E-state index contributed by atoms with van der Waals surface area (Å²) in [6.07, 6.45) is 7.46. The lowest BCUT2D eigenvalue weighted by Gasteiger charge is -2.26. The molecule has 0 unspecified atom stereocenters. The maximum absolute atomic E-state index is 6.13. The zero-order chi connectivity index (χ0) is 39.6. The first-order chi connectivity index (χ1) is 29.7.